The van der Waals surface area contributed by atoms with Crippen molar-refractivity contribution in [2.24, 2.45) is 5.92 Å². The summed E-state index contributed by atoms with van der Waals surface area (Å²) in [6.07, 6.45) is 3.07. The van der Waals surface area contributed by atoms with Gasteiger partial charge in [-0.15, -0.1) is 0 Å². The van der Waals surface area contributed by atoms with Crippen molar-refractivity contribution in [2.75, 3.05) is 18.1 Å². The van der Waals surface area contributed by atoms with Gasteiger partial charge >= 0.3 is 18.1 Å². The predicted octanol–water partition coefficient (Wildman–Crippen LogP) is -0.548. The summed E-state index contributed by atoms with van der Waals surface area (Å²) in [6.45, 7) is 3.49. The number of nitrogen functional groups attached to an aromatic ring is 1. The van der Waals surface area contributed by atoms with Crippen LogP contribution >= 0.6 is 0 Å². The molecule has 21 nitrogen and oxygen atoms in total. The molecular formula is C34H40N10O11. The Hall–Kier alpha value is -6.60. The Morgan fingerprint density at radius 1 is 1.05 bits per heavy atom. The van der Waals surface area contributed by atoms with Crippen molar-refractivity contribution < 1.29 is 48.6 Å². The largest absolute Gasteiger partial charge is 0.481 e. The minimum atomic E-state index is -1.12. The van der Waals surface area contributed by atoms with Crippen molar-refractivity contribution in [3.63, 3.8) is 0 Å². The van der Waals surface area contributed by atoms with E-state index >= 15 is 0 Å². The van der Waals surface area contributed by atoms with Gasteiger partial charge in [-0.3, -0.25) is 48.9 Å². The number of carboxylic acids is 2. The summed E-state index contributed by atoms with van der Waals surface area (Å²) in [5.41, 5.74) is 7.34. The summed E-state index contributed by atoms with van der Waals surface area (Å²) in [5.74, 6) is -4.73. The molecule has 0 radical (unpaired) electrons. The number of H-pyrrole nitrogens is 1. The fourth-order valence-electron chi connectivity index (χ4n) is 6.64. The van der Waals surface area contributed by atoms with E-state index in [-0.39, 0.29) is 78.9 Å². The third kappa shape index (κ3) is 8.96. The van der Waals surface area contributed by atoms with Gasteiger partial charge < -0.3 is 26.6 Å². The molecule has 0 saturated carbocycles. The van der Waals surface area contributed by atoms with Gasteiger partial charge in [-0.2, -0.15) is 14.6 Å². The number of anilines is 2. The number of carbonyl (C=O) groups excluding carboxylic acids is 6. The molecule has 6 rings (SSSR count). The van der Waals surface area contributed by atoms with E-state index < -0.39 is 47.3 Å². The van der Waals surface area contributed by atoms with Crippen LogP contribution in [0, 0.1) is 5.92 Å². The Morgan fingerprint density at radius 2 is 1.73 bits per heavy atom. The first-order chi connectivity index (χ1) is 26.1. The topological polar surface area (TPSA) is 317 Å². The zero-order valence-corrected chi connectivity index (χ0v) is 30.0. The van der Waals surface area contributed by atoms with Crippen molar-refractivity contribution in [2.45, 2.75) is 82.8 Å². The summed E-state index contributed by atoms with van der Waals surface area (Å²) < 4.78 is 0. The van der Waals surface area contributed by atoms with Crippen LogP contribution in [0.15, 0.2) is 35.3 Å². The molecule has 8 N–H and O–H groups in total. The number of hydrogen-bond donors (Lipinski definition) is 7. The number of carboxylic acid groups (broad SMARTS) is 2. The third-order valence-corrected chi connectivity index (χ3v) is 9.41. The first-order valence-electron chi connectivity index (χ1n) is 17.1. The molecule has 4 unspecified atom stereocenters. The lowest BCUT2D eigenvalue weighted by Gasteiger charge is -2.34. The number of aromatic nitrogens is 4. The number of aliphatic carboxylic acids is 2. The lowest BCUT2D eigenvalue weighted by atomic mass is 10.0. The summed E-state index contributed by atoms with van der Waals surface area (Å²) in [6, 6.07) is 4.60. The zero-order valence-electron chi connectivity index (χ0n) is 30.0. The first-order valence-corrected chi connectivity index (χ1v) is 17.1. The average molecular weight is 765 g/mol. The highest BCUT2D eigenvalue weighted by Gasteiger charge is 2.68. The molecule has 292 valence electrons. The Labute approximate surface area is 312 Å². The van der Waals surface area contributed by atoms with E-state index in [4.69, 9.17) is 20.4 Å². The highest BCUT2D eigenvalue weighted by atomic mass is 16.4. The van der Waals surface area contributed by atoms with Gasteiger partial charge in [0.15, 0.2) is 17.0 Å². The minimum Gasteiger partial charge on any atom is -0.481 e. The maximum Gasteiger partial charge on any atom is 0.373 e. The number of carbonyl (C=O) groups is 6. The molecule has 1 spiro atoms. The van der Waals surface area contributed by atoms with Gasteiger partial charge in [-0.1, -0.05) is 6.92 Å². The van der Waals surface area contributed by atoms with Crippen molar-refractivity contribution in [1.29, 1.82) is 0 Å². The molecule has 21 heteroatoms. The fourth-order valence-corrected chi connectivity index (χ4v) is 6.64. The standard InChI is InChI=1S/C18H25N3O7.C15H15N7O2.CO2/c1-9(16(25)26)3-4-11(22)5-6-12-15(24)20-10(2)14(23)21-13(17(27)28)7-8-18(20,21)19-12;1-17-13(23)8-2-4-9(5-3-8)18-6-10-7-19-12-11(20-10)14(24)22-15(16)21-12;2-1-3/h9-10,12-13,19H,3-8H2,1-2H3,(H,25,26)(H,27,28);2-5,7,18H,6H2,1H3,(H,17,23)(H3,16,19,21,22,24);/t9?,10?,12?,13?,18-;;/m0../s1. The number of fused-ring (bicyclic) bond motifs is 1. The SMILES string of the molecule is CC(CCC(=O)CCC1N[C@]23CCC(C(=O)O)N2C(=O)C(C)N3C1=O)C(=O)O.CNC(=O)c1ccc(NCc2cnc3nc(N)[nH]c(=O)c3n2)cc1.O=C=O. The van der Waals surface area contributed by atoms with Crippen LogP contribution in [0.1, 0.15) is 68.4 Å². The average Bonchev–Trinajstić information content (AvgIpc) is 3.74. The van der Waals surface area contributed by atoms with E-state index in [0.717, 1.165) is 5.69 Å². The van der Waals surface area contributed by atoms with Crippen LogP contribution in [0.25, 0.3) is 11.2 Å². The zero-order chi connectivity index (χ0) is 40.6. The van der Waals surface area contributed by atoms with Gasteiger partial charge in [0.2, 0.25) is 17.8 Å². The number of nitrogens with zero attached hydrogens (tertiary/aromatic N) is 5. The number of amides is 3. The molecule has 1 aromatic carbocycles. The lowest BCUT2D eigenvalue weighted by Crippen LogP contribution is -2.58. The third-order valence-electron chi connectivity index (χ3n) is 9.41. The maximum atomic E-state index is 12.9. The minimum absolute atomic E-state index is 0.00359. The monoisotopic (exact) mass is 764 g/mol. The van der Waals surface area contributed by atoms with Crippen LogP contribution in [-0.2, 0) is 40.1 Å². The Bertz CT molecular complexity index is 2070. The Balaban J connectivity index is 0.000000231. The second-order valence-corrected chi connectivity index (χ2v) is 12.9. The van der Waals surface area contributed by atoms with Gasteiger partial charge in [0.05, 0.1) is 30.4 Å². The number of benzene rings is 1. The quantitative estimate of drug-likeness (QED) is 0.122. The number of ketones is 1. The highest BCUT2D eigenvalue weighted by Crippen LogP contribution is 2.46. The van der Waals surface area contributed by atoms with Gasteiger partial charge in [0.1, 0.15) is 17.9 Å². The molecular weight excluding hydrogens is 724 g/mol. The van der Waals surface area contributed by atoms with Gasteiger partial charge in [0.25, 0.3) is 11.5 Å². The van der Waals surface area contributed by atoms with E-state index in [1.165, 1.54) is 22.9 Å². The Kier molecular flexibility index (Phi) is 13.1. The molecule has 2 aromatic heterocycles. The van der Waals surface area contributed by atoms with Gasteiger partial charge in [0, 0.05) is 37.6 Å². The first kappa shape index (κ1) is 41.2. The van der Waals surface area contributed by atoms with Crippen LogP contribution in [-0.4, -0.2) is 113 Å². The van der Waals surface area contributed by atoms with Crippen molar-refractivity contribution >= 4 is 64.4 Å². The summed E-state index contributed by atoms with van der Waals surface area (Å²) >= 11 is 0. The summed E-state index contributed by atoms with van der Waals surface area (Å²) in [5, 5.41) is 27.1. The molecule has 3 saturated heterocycles. The Morgan fingerprint density at radius 3 is 2.35 bits per heavy atom. The number of rotatable bonds is 12. The van der Waals surface area contributed by atoms with Crippen molar-refractivity contribution in [1.82, 2.24) is 40.4 Å². The lowest BCUT2D eigenvalue weighted by molar-refractivity contribution is -0.191. The van der Waals surface area contributed by atoms with Crippen LogP contribution in [0.4, 0.5) is 11.6 Å². The number of hydrogen-bond acceptors (Lipinski definition) is 15. The molecule has 55 heavy (non-hydrogen) atoms. The van der Waals surface area contributed by atoms with Gasteiger partial charge in [-0.25, -0.2) is 14.8 Å². The summed E-state index contributed by atoms with van der Waals surface area (Å²) in [4.78, 5) is 117. The van der Waals surface area contributed by atoms with Crippen LogP contribution < -0.4 is 27.2 Å². The molecule has 3 fully saturated rings. The second kappa shape index (κ2) is 17.5. The molecule has 3 amide bonds. The van der Waals surface area contributed by atoms with Crippen molar-refractivity contribution in [3.8, 4) is 0 Å². The number of nitrogens with one attached hydrogen (secondary N) is 4. The fraction of sp³-hybridized carbons (Fsp3) is 0.441. The summed E-state index contributed by atoms with van der Waals surface area (Å²) in [7, 11) is 1.58. The molecule has 3 aliphatic heterocycles. The number of aromatic amines is 1. The predicted molar refractivity (Wildman–Crippen MR) is 188 cm³/mol. The molecule has 0 aliphatic carbocycles. The number of nitrogens with two attached hydrogens (primary N) is 1. The normalized spacial score (nSPS) is 21.3. The maximum absolute atomic E-state index is 12.9. The smallest absolute Gasteiger partial charge is 0.373 e. The molecule has 3 aromatic rings. The van der Waals surface area contributed by atoms with Crippen LogP contribution in [0.2, 0.25) is 0 Å². The molecule has 0 bridgehead atoms. The van der Waals surface area contributed by atoms with Crippen LogP contribution in [0.3, 0.4) is 0 Å². The molecule has 3 aliphatic rings. The second-order valence-electron chi connectivity index (χ2n) is 12.9. The molecule has 5 heterocycles. The van der Waals surface area contributed by atoms with E-state index in [2.05, 4.69) is 35.9 Å². The molecule has 5 atom stereocenters. The highest BCUT2D eigenvalue weighted by molar-refractivity contribution is 5.98. The van der Waals surface area contributed by atoms with E-state index in [9.17, 15) is 38.7 Å². The van der Waals surface area contributed by atoms with E-state index in [1.54, 1.807) is 38.2 Å². The number of Topliss-reactive ketones (excluding diaryl/α,β-unsaturated/α-hetero) is 1. The van der Waals surface area contributed by atoms with E-state index in [0.29, 0.717) is 24.2 Å². The van der Waals surface area contributed by atoms with Crippen LogP contribution in [0.5, 0.6) is 0 Å². The van der Waals surface area contributed by atoms with E-state index in [1.807, 2.05) is 0 Å². The van der Waals surface area contributed by atoms with Gasteiger partial charge in [-0.05, 0) is 50.5 Å². The van der Waals surface area contributed by atoms with Crippen molar-refractivity contribution in [3.05, 3.63) is 52.1 Å².